The number of hydrogen-bond acceptors (Lipinski definition) is 5. The Morgan fingerprint density at radius 3 is 0.887 bits per heavy atom. The predicted octanol–water partition coefficient (Wildman–Crippen LogP) is 23.9. The van der Waals surface area contributed by atoms with Crippen LogP contribution in [0.4, 0.5) is 0 Å². The zero-order chi connectivity index (χ0) is 57.8. The Balaban J connectivity index is 3.28. The van der Waals surface area contributed by atoms with Crippen molar-refractivity contribution in [1.82, 2.24) is 5.32 Å². The number of esters is 1. The number of nitrogens with one attached hydrogen (secondary N) is 1. The molecule has 0 heterocycles. The van der Waals surface area contributed by atoms with Crippen molar-refractivity contribution in [3.05, 3.63) is 12.2 Å². The minimum Gasteiger partial charge on any atom is -0.466 e. The van der Waals surface area contributed by atoms with Crippen molar-refractivity contribution >= 4 is 11.9 Å². The number of amides is 1. The average molecular weight is 1130 g/mol. The van der Waals surface area contributed by atoms with Crippen molar-refractivity contribution in [2.75, 3.05) is 13.2 Å². The van der Waals surface area contributed by atoms with E-state index in [0.717, 1.165) is 38.5 Å². The van der Waals surface area contributed by atoms with E-state index in [1.54, 1.807) is 0 Å². The number of unbranched alkanes of at least 4 members (excludes halogenated alkanes) is 57. The van der Waals surface area contributed by atoms with Gasteiger partial charge in [0.2, 0.25) is 5.91 Å². The Kier molecular flexibility index (Phi) is 68.9. The number of hydrogen-bond donors (Lipinski definition) is 3. The Morgan fingerprint density at radius 1 is 0.338 bits per heavy atom. The molecule has 80 heavy (non-hydrogen) atoms. The van der Waals surface area contributed by atoms with Gasteiger partial charge in [-0.05, 0) is 51.4 Å². The fourth-order valence-corrected chi connectivity index (χ4v) is 11.9. The van der Waals surface area contributed by atoms with Gasteiger partial charge in [0.1, 0.15) is 0 Å². The lowest BCUT2D eigenvalue weighted by Crippen LogP contribution is -2.45. The van der Waals surface area contributed by atoms with E-state index in [2.05, 4.69) is 31.3 Å². The van der Waals surface area contributed by atoms with Crippen LogP contribution in [0.25, 0.3) is 0 Å². The van der Waals surface area contributed by atoms with Crippen molar-refractivity contribution in [2.24, 2.45) is 0 Å². The van der Waals surface area contributed by atoms with E-state index in [-0.39, 0.29) is 18.5 Å². The summed E-state index contributed by atoms with van der Waals surface area (Å²) in [5.74, 6) is -0.00829. The van der Waals surface area contributed by atoms with Crippen LogP contribution in [-0.2, 0) is 14.3 Å². The second kappa shape index (κ2) is 70.1. The molecule has 0 radical (unpaired) electrons. The molecule has 3 N–H and O–H groups in total. The van der Waals surface area contributed by atoms with Crippen LogP contribution in [-0.4, -0.2) is 47.4 Å². The molecule has 0 aliphatic rings. The molecular formula is C74H145NO5. The minimum absolute atomic E-state index is 0.0198. The molecule has 1 amide bonds. The van der Waals surface area contributed by atoms with Crippen LogP contribution >= 0.6 is 0 Å². The van der Waals surface area contributed by atoms with Crippen LogP contribution in [0.3, 0.4) is 0 Å². The number of aliphatic hydroxyl groups excluding tert-OH is 2. The van der Waals surface area contributed by atoms with Crippen LogP contribution in [0.15, 0.2) is 12.2 Å². The maximum absolute atomic E-state index is 12.5. The van der Waals surface area contributed by atoms with Crippen LogP contribution in [0.5, 0.6) is 0 Å². The van der Waals surface area contributed by atoms with E-state index in [0.29, 0.717) is 25.9 Å². The average Bonchev–Trinajstić information content (AvgIpc) is 3.46. The van der Waals surface area contributed by atoms with Crippen molar-refractivity contribution in [3.63, 3.8) is 0 Å². The zero-order valence-electron chi connectivity index (χ0n) is 54.6. The van der Waals surface area contributed by atoms with Gasteiger partial charge in [-0.2, -0.15) is 0 Å². The topological polar surface area (TPSA) is 95.9 Å². The molecule has 0 aliphatic heterocycles. The highest BCUT2D eigenvalue weighted by Crippen LogP contribution is 2.20. The first-order valence-electron chi connectivity index (χ1n) is 36.9. The number of rotatable bonds is 70. The summed E-state index contributed by atoms with van der Waals surface area (Å²) in [5.41, 5.74) is 0. The second-order valence-electron chi connectivity index (χ2n) is 25.6. The fourth-order valence-electron chi connectivity index (χ4n) is 11.9. The number of allylic oxidation sites excluding steroid dienone is 2. The standard InChI is InChI=1S/C74H145NO5/c1-3-5-7-9-11-13-15-17-18-19-38-41-44-48-52-56-60-64-68-74(79)80-69-65-61-57-53-49-45-42-39-36-34-32-30-28-26-24-22-20-21-23-25-27-29-31-33-35-37-40-43-47-51-55-59-63-67-73(78)75-71(70-76)72(77)66-62-58-54-50-46-16-14-12-10-8-6-4-2/h18-19,71-72,76-77H,3-17,20-70H2,1-2H3,(H,75,78)/b19-18-. The van der Waals surface area contributed by atoms with Gasteiger partial charge in [-0.3, -0.25) is 9.59 Å². The van der Waals surface area contributed by atoms with Gasteiger partial charge in [-0.1, -0.05) is 373 Å². The highest BCUT2D eigenvalue weighted by molar-refractivity contribution is 5.76. The molecule has 0 saturated heterocycles. The smallest absolute Gasteiger partial charge is 0.305 e. The largest absolute Gasteiger partial charge is 0.466 e. The Bertz CT molecular complexity index is 1210. The van der Waals surface area contributed by atoms with Crippen LogP contribution < -0.4 is 5.32 Å². The summed E-state index contributed by atoms with van der Waals surface area (Å²) in [6.45, 7) is 4.99. The van der Waals surface area contributed by atoms with E-state index in [4.69, 9.17) is 4.74 Å². The zero-order valence-corrected chi connectivity index (χ0v) is 54.6. The van der Waals surface area contributed by atoms with Gasteiger partial charge in [-0.15, -0.1) is 0 Å². The predicted molar refractivity (Wildman–Crippen MR) is 352 cm³/mol. The first-order valence-corrected chi connectivity index (χ1v) is 36.9. The number of carbonyl (C=O) groups excluding carboxylic acids is 2. The monoisotopic (exact) mass is 1130 g/mol. The summed E-state index contributed by atoms with van der Waals surface area (Å²) in [7, 11) is 0. The highest BCUT2D eigenvalue weighted by atomic mass is 16.5. The Morgan fingerprint density at radius 2 is 0.588 bits per heavy atom. The van der Waals surface area contributed by atoms with E-state index in [1.165, 1.54) is 353 Å². The second-order valence-corrected chi connectivity index (χ2v) is 25.6. The first kappa shape index (κ1) is 78.6. The van der Waals surface area contributed by atoms with Crippen LogP contribution in [0.1, 0.15) is 425 Å². The van der Waals surface area contributed by atoms with E-state index in [1.807, 2.05) is 0 Å². The highest BCUT2D eigenvalue weighted by Gasteiger charge is 2.20. The normalized spacial score (nSPS) is 12.5. The summed E-state index contributed by atoms with van der Waals surface area (Å²) in [6.07, 6.45) is 87.2. The van der Waals surface area contributed by atoms with Crippen molar-refractivity contribution in [1.29, 1.82) is 0 Å². The lowest BCUT2D eigenvalue weighted by Gasteiger charge is -2.22. The summed E-state index contributed by atoms with van der Waals surface area (Å²) in [6, 6.07) is -0.536. The third kappa shape index (κ3) is 65.7. The molecule has 0 bridgehead atoms. The van der Waals surface area contributed by atoms with Gasteiger partial charge < -0.3 is 20.3 Å². The number of ether oxygens (including phenoxy) is 1. The molecule has 0 rings (SSSR count). The van der Waals surface area contributed by atoms with Gasteiger partial charge in [-0.25, -0.2) is 0 Å². The summed E-state index contributed by atoms with van der Waals surface area (Å²) >= 11 is 0. The molecule has 476 valence electrons. The Hall–Kier alpha value is -1.40. The van der Waals surface area contributed by atoms with Crippen LogP contribution in [0, 0.1) is 0 Å². The maximum atomic E-state index is 12.5. The van der Waals surface area contributed by atoms with Gasteiger partial charge in [0.05, 0.1) is 25.4 Å². The summed E-state index contributed by atoms with van der Waals surface area (Å²) in [5, 5.41) is 23.3. The SMILES string of the molecule is CCCCCCCCC/C=C\CCCCCCCCCC(=O)OCCCCCCCCCCCCCCCCCCCCCCCCCCCCCCCCCCCC(=O)NC(CO)C(O)CCCCCCCCCCCCCC. The molecule has 2 atom stereocenters. The van der Waals surface area contributed by atoms with Gasteiger partial charge in [0.25, 0.3) is 0 Å². The van der Waals surface area contributed by atoms with Gasteiger partial charge in [0.15, 0.2) is 0 Å². The molecule has 6 heteroatoms. The summed E-state index contributed by atoms with van der Waals surface area (Å²) in [4.78, 5) is 24.6. The van der Waals surface area contributed by atoms with Crippen LogP contribution in [0.2, 0.25) is 0 Å². The molecule has 0 aromatic rings. The lowest BCUT2D eigenvalue weighted by molar-refractivity contribution is -0.143. The van der Waals surface area contributed by atoms with E-state index >= 15 is 0 Å². The molecular weight excluding hydrogens is 983 g/mol. The molecule has 6 nitrogen and oxygen atoms in total. The van der Waals surface area contributed by atoms with E-state index < -0.39 is 12.1 Å². The quantitative estimate of drug-likeness (QED) is 0.0320. The molecule has 0 spiro atoms. The van der Waals surface area contributed by atoms with Gasteiger partial charge >= 0.3 is 5.97 Å². The molecule has 0 aromatic carbocycles. The molecule has 0 aromatic heterocycles. The molecule has 0 saturated carbocycles. The Labute approximate surface area is 501 Å². The molecule has 0 fully saturated rings. The third-order valence-electron chi connectivity index (χ3n) is 17.6. The summed E-state index contributed by atoms with van der Waals surface area (Å²) < 4.78 is 5.51. The van der Waals surface area contributed by atoms with Crippen molar-refractivity contribution < 1.29 is 24.5 Å². The third-order valence-corrected chi connectivity index (χ3v) is 17.6. The van der Waals surface area contributed by atoms with Crippen molar-refractivity contribution in [2.45, 2.75) is 437 Å². The fraction of sp³-hybridized carbons (Fsp3) is 0.946. The lowest BCUT2D eigenvalue weighted by atomic mass is 10.0. The van der Waals surface area contributed by atoms with Gasteiger partial charge in [0, 0.05) is 12.8 Å². The minimum atomic E-state index is -0.659. The maximum Gasteiger partial charge on any atom is 0.305 e. The number of aliphatic hydroxyl groups is 2. The molecule has 2 unspecified atom stereocenters. The van der Waals surface area contributed by atoms with Crippen molar-refractivity contribution in [3.8, 4) is 0 Å². The first-order chi connectivity index (χ1) is 39.5. The molecule has 0 aliphatic carbocycles. The van der Waals surface area contributed by atoms with E-state index in [9.17, 15) is 19.8 Å². The number of carbonyl (C=O) groups is 2.